The molecule has 0 amide bonds. The first-order valence-corrected chi connectivity index (χ1v) is 5.26. The van der Waals surface area contributed by atoms with Gasteiger partial charge in [0, 0.05) is 5.41 Å². The van der Waals surface area contributed by atoms with Gasteiger partial charge in [-0.25, -0.2) is 0 Å². The van der Waals surface area contributed by atoms with Crippen molar-refractivity contribution in [3.8, 4) is 0 Å². The van der Waals surface area contributed by atoms with Gasteiger partial charge in [0.15, 0.2) is 0 Å². The van der Waals surface area contributed by atoms with E-state index in [0.29, 0.717) is 10.0 Å². The Kier molecular flexibility index (Phi) is 3.63. The summed E-state index contributed by atoms with van der Waals surface area (Å²) < 4.78 is 0. The zero-order valence-corrected chi connectivity index (χ0v) is 10.1. The van der Waals surface area contributed by atoms with Crippen LogP contribution in [0.25, 0.3) is 0 Å². The van der Waals surface area contributed by atoms with E-state index in [1.807, 2.05) is 13.8 Å². The smallest absolute Gasteiger partial charge is 0.304 e. The Morgan fingerprint density at radius 2 is 2.00 bits per heavy atom. The van der Waals surface area contributed by atoms with Gasteiger partial charge >= 0.3 is 5.97 Å². The van der Waals surface area contributed by atoms with Crippen LogP contribution in [-0.2, 0) is 10.2 Å². The Hall–Kier alpha value is -0.730. The maximum atomic E-state index is 10.7. The third-order valence-corrected chi connectivity index (χ3v) is 3.09. The van der Waals surface area contributed by atoms with Crippen LogP contribution in [0, 0.1) is 0 Å². The van der Waals surface area contributed by atoms with E-state index in [1.54, 1.807) is 18.2 Å². The van der Waals surface area contributed by atoms with E-state index in [-0.39, 0.29) is 6.42 Å². The summed E-state index contributed by atoms with van der Waals surface area (Å²) in [6, 6.07) is 5.26. The monoisotopic (exact) mass is 246 g/mol. The Morgan fingerprint density at radius 1 is 1.40 bits per heavy atom. The first-order chi connectivity index (χ1) is 6.84. The van der Waals surface area contributed by atoms with Crippen molar-refractivity contribution in [2.45, 2.75) is 25.7 Å². The number of halogens is 2. The first kappa shape index (κ1) is 12.3. The SMILES string of the molecule is CC(C)(CC(=O)O)c1cccc(Cl)c1Cl. The highest BCUT2D eigenvalue weighted by atomic mass is 35.5. The van der Waals surface area contributed by atoms with Gasteiger partial charge in [0.05, 0.1) is 16.5 Å². The van der Waals surface area contributed by atoms with Crippen molar-refractivity contribution in [3.05, 3.63) is 33.8 Å². The molecule has 1 aromatic rings. The number of hydrogen-bond acceptors (Lipinski definition) is 1. The summed E-state index contributed by atoms with van der Waals surface area (Å²) in [4.78, 5) is 10.7. The van der Waals surface area contributed by atoms with Gasteiger partial charge in [0.1, 0.15) is 0 Å². The lowest BCUT2D eigenvalue weighted by Crippen LogP contribution is -2.22. The summed E-state index contributed by atoms with van der Waals surface area (Å²) in [6.07, 6.45) is 0.0209. The average Bonchev–Trinajstić information content (AvgIpc) is 2.07. The summed E-state index contributed by atoms with van der Waals surface area (Å²) in [5.74, 6) is -0.851. The van der Waals surface area contributed by atoms with Crippen molar-refractivity contribution < 1.29 is 9.90 Å². The van der Waals surface area contributed by atoms with Crippen LogP contribution < -0.4 is 0 Å². The van der Waals surface area contributed by atoms with Crippen LogP contribution >= 0.6 is 23.2 Å². The minimum Gasteiger partial charge on any atom is -0.481 e. The summed E-state index contributed by atoms with van der Waals surface area (Å²) in [5.41, 5.74) is 0.243. The van der Waals surface area contributed by atoms with E-state index in [2.05, 4.69) is 0 Å². The molecule has 0 fully saturated rings. The van der Waals surface area contributed by atoms with Crippen LogP contribution in [0.1, 0.15) is 25.8 Å². The standard InChI is InChI=1S/C11H12Cl2O2/c1-11(2,6-9(14)15)7-4-3-5-8(12)10(7)13/h3-5H,6H2,1-2H3,(H,14,15). The minimum absolute atomic E-state index is 0.0209. The zero-order valence-electron chi connectivity index (χ0n) is 8.55. The number of carbonyl (C=O) groups is 1. The second kappa shape index (κ2) is 4.42. The van der Waals surface area contributed by atoms with E-state index in [9.17, 15) is 4.79 Å². The van der Waals surface area contributed by atoms with Crippen molar-refractivity contribution in [2.24, 2.45) is 0 Å². The van der Waals surface area contributed by atoms with Gasteiger partial charge in [-0.3, -0.25) is 4.79 Å². The summed E-state index contributed by atoms with van der Waals surface area (Å²) >= 11 is 11.9. The normalized spacial score (nSPS) is 11.5. The third kappa shape index (κ3) is 2.86. The van der Waals surface area contributed by atoms with Gasteiger partial charge in [0.25, 0.3) is 0 Å². The Labute approximate surface area is 98.8 Å². The molecule has 1 rings (SSSR count). The van der Waals surface area contributed by atoms with Gasteiger partial charge in [0.2, 0.25) is 0 Å². The van der Waals surface area contributed by atoms with Crippen LogP contribution in [0.3, 0.4) is 0 Å². The number of aliphatic carboxylic acids is 1. The van der Waals surface area contributed by atoms with Crippen LogP contribution in [0.5, 0.6) is 0 Å². The quantitative estimate of drug-likeness (QED) is 0.883. The number of hydrogen-bond donors (Lipinski definition) is 1. The van der Waals surface area contributed by atoms with E-state index in [4.69, 9.17) is 28.3 Å². The molecule has 0 atom stereocenters. The molecule has 2 nitrogen and oxygen atoms in total. The highest BCUT2D eigenvalue weighted by molar-refractivity contribution is 6.42. The van der Waals surface area contributed by atoms with Crippen molar-refractivity contribution in [1.29, 1.82) is 0 Å². The van der Waals surface area contributed by atoms with Crippen molar-refractivity contribution in [3.63, 3.8) is 0 Å². The summed E-state index contributed by atoms with van der Waals surface area (Å²) in [7, 11) is 0. The molecule has 0 aromatic heterocycles. The fourth-order valence-corrected chi connectivity index (χ4v) is 2.06. The molecule has 0 aliphatic rings. The molecular weight excluding hydrogens is 235 g/mol. The van der Waals surface area contributed by atoms with E-state index in [0.717, 1.165) is 5.56 Å². The van der Waals surface area contributed by atoms with E-state index >= 15 is 0 Å². The highest BCUT2D eigenvalue weighted by Gasteiger charge is 2.26. The molecule has 0 unspecified atom stereocenters. The molecule has 82 valence electrons. The summed E-state index contributed by atoms with van der Waals surface area (Å²) in [6.45, 7) is 3.66. The molecule has 0 spiro atoms. The predicted molar refractivity (Wildman–Crippen MR) is 61.7 cm³/mol. The molecule has 0 saturated carbocycles. The number of benzene rings is 1. The van der Waals surface area contributed by atoms with Crippen molar-refractivity contribution in [1.82, 2.24) is 0 Å². The molecule has 0 bridgehead atoms. The molecule has 0 aliphatic heterocycles. The van der Waals surface area contributed by atoms with E-state index < -0.39 is 11.4 Å². The van der Waals surface area contributed by atoms with E-state index in [1.165, 1.54) is 0 Å². The predicted octanol–water partition coefficient (Wildman–Crippen LogP) is 3.75. The molecule has 4 heteroatoms. The molecule has 1 N–H and O–H groups in total. The van der Waals surface area contributed by atoms with Crippen LogP contribution in [0.15, 0.2) is 18.2 Å². The molecule has 15 heavy (non-hydrogen) atoms. The van der Waals surface area contributed by atoms with Gasteiger partial charge in [-0.15, -0.1) is 0 Å². The minimum atomic E-state index is -0.851. The molecule has 0 saturated heterocycles. The lowest BCUT2D eigenvalue weighted by molar-refractivity contribution is -0.138. The largest absolute Gasteiger partial charge is 0.481 e. The Morgan fingerprint density at radius 3 is 2.53 bits per heavy atom. The molecular formula is C11H12Cl2O2. The van der Waals surface area contributed by atoms with Gasteiger partial charge in [-0.1, -0.05) is 49.2 Å². The highest BCUT2D eigenvalue weighted by Crippen LogP contribution is 2.36. The number of carboxylic acids is 1. The van der Waals surface area contributed by atoms with Crippen molar-refractivity contribution in [2.75, 3.05) is 0 Å². The van der Waals surface area contributed by atoms with Crippen LogP contribution in [0.4, 0.5) is 0 Å². The fourth-order valence-electron chi connectivity index (χ4n) is 1.50. The lowest BCUT2D eigenvalue weighted by atomic mass is 9.81. The van der Waals surface area contributed by atoms with Gasteiger partial charge < -0.3 is 5.11 Å². The molecule has 0 radical (unpaired) electrons. The number of rotatable bonds is 3. The molecule has 0 aliphatic carbocycles. The average molecular weight is 247 g/mol. The van der Waals surface area contributed by atoms with Gasteiger partial charge in [-0.2, -0.15) is 0 Å². The topological polar surface area (TPSA) is 37.3 Å². The lowest BCUT2D eigenvalue weighted by Gasteiger charge is -2.24. The first-order valence-electron chi connectivity index (χ1n) is 4.51. The van der Waals surface area contributed by atoms with Gasteiger partial charge in [-0.05, 0) is 11.6 Å². The molecule has 0 heterocycles. The molecule has 1 aromatic carbocycles. The third-order valence-electron chi connectivity index (χ3n) is 2.27. The Balaban J connectivity index is 3.14. The number of carboxylic acid groups (broad SMARTS) is 1. The second-order valence-electron chi connectivity index (χ2n) is 4.06. The maximum Gasteiger partial charge on any atom is 0.304 e. The summed E-state index contributed by atoms with van der Waals surface area (Å²) in [5, 5.41) is 9.68. The Bertz CT molecular complexity index is 386. The maximum absolute atomic E-state index is 10.7. The fraction of sp³-hybridized carbons (Fsp3) is 0.364. The zero-order chi connectivity index (χ0) is 11.6. The van der Waals surface area contributed by atoms with Crippen LogP contribution in [0.2, 0.25) is 10.0 Å². The van der Waals surface area contributed by atoms with Crippen molar-refractivity contribution >= 4 is 29.2 Å². The second-order valence-corrected chi connectivity index (χ2v) is 4.84. The van der Waals surface area contributed by atoms with Crippen LogP contribution in [-0.4, -0.2) is 11.1 Å².